The summed E-state index contributed by atoms with van der Waals surface area (Å²) in [6.45, 7) is 0. The Kier molecular flexibility index (Phi) is 6.79. The number of methoxy groups -OCH3 is 2. The third kappa shape index (κ3) is 5.57. The lowest BCUT2D eigenvalue weighted by molar-refractivity contribution is 0.0596. The molecule has 0 aliphatic rings. The molecule has 0 saturated heterocycles. The van der Waals surface area contributed by atoms with Crippen molar-refractivity contribution in [2.24, 2.45) is 10.2 Å². The first kappa shape index (κ1) is 21.3. The number of azo groups is 1. The van der Waals surface area contributed by atoms with Crippen molar-refractivity contribution in [2.45, 2.75) is 0 Å². The number of amides is 1. The highest BCUT2D eigenvalue weighted by atomic mass is 16.7. The predicted molar refractivity (Wildman–Crippen MR) is 112 cm³/mol. The number of ether oxygens (including phenoxy) is 2. The van der Waals surface area contributed by atoms with E-state index in [-0.39, 0.29) is 11.3 Å². The van der Waals surface area contributed by atoms with Crippen molar-refractivity contribution >= 4 is 23.3 Å². The Morgan fingerprint density at radius 2 is 1.48 bits per heavy atom. The zero-order valence-electron chi connectivity index (χ0n) is 16.7. The molecule has 31 heavy (non-hydrogen) atoms. The van der Waals surface area contributed by atoms with Crippen molar-refractivity contribution in [2.75, 3.05) is 19.7 Å². The number of carbonyl (C=O) groups is 2. The van der Waals surface area contributed by atoms with Crippen LogP contribution in [0.1, 0.15) is 20.7 Å². The van der Waals surface area contributed by atoms with Crippen molar-refractivity contribution in [3.8, 4) is 17.2 Å². The highest BCUT2D eigenvalue weighted by molar-refractivity contribution is 5.94. The van der Waals surface area contributed by atoms with E-state index in [4.69, 9.17) is 14.3 Å². The summed E-state index contributed by atoms with van der Waals surface area (Å²) in [6, 6.07) is 16.8. The Hall–Kier alpha value is -4.40. The van der Waals surface area contributed by atoms with Crippen molar-refractivity contribution in [1.82, 2.24) is 0 Å². The lowest BCUT2D eigenvalue weighted by atomic mass is 10.2. The van der Waals surface area contributed by atoms with Gasteiger partial charge in [0.15, 0.2) is 11.5 Å². The zero-order valence-corrected chi connectivity index (χ0v) is 16.7. The van der Waals surface area contributed by atoms with Gasteiger partial charge < -0.3 is 19.4 Å². The standard InChI is InChI=1S/C22H19N3O6/c1-29-19-12-5-15(13-20(19)30-2)22(28)31-25-17-8-6-16(7-9-17)23-24-21(27)14-3-10-18(26)11-4-14/h3-13,25-26H,1-2H3. The highest BCUT2D eigenvalue weighted by Gasteiger charge is 2.12. The largest absolute Gasteiger partial charge is 0.508 e. The average molecular weight is 421 g/mol. The van der Waals surface area contributed by atoms with E-state index in [1.807, 2.05) is 0 Å². The fourth-order valence-electron chi connectivity index (χ4n) is 2.49. The molecule has 0 saturated carbocycles. The smallest absolute Gasteiger partial charge is 0.362 e. The minimum Gasteiger partial charge on any atom is -0.508 e. The third-order valence-corrected chi connectivity index (χ3v) is 4.12. The second-order valence-electron chi connectivity index (χ2n) is 6.16. The molecule has 0 bridgehead atoms. The van der Waals surface area contributed by atoms with E-state index in [1.54, 1.807) is 36.4 Å². The van der Waals surface area contributed by atoms with E-state index in [1.165, 1.54) is 44.6 Å². The van der Waals surface area contributed by atoms with Gasteiger partial charge in [-0.1, -0.05) is 0 Å². The van der Waals surface area contributed by atoms with Crippen molar-refractivity contribution in [3.63, 3.8) is 0 Å². The number of nitrogens with zero attached hydrogens (tertiary/aromatic N) is 2. The number of phenols is 1. The maximum atomic E-state index is 12.2. The molecule has 9 heteroatoms. The molecule has 158 valence electrons. The first-order valence-electron chi connectivity index (χ1n) is 9.04. The van der Waals surface area contributed by atoms with Gasteiger partial charge in [-0.05, 0) is 66.7 Å². The monoisotopic (exact) mass is 421 g/mol. The summed E-state index contributed by atoms with van der Waals surface area (Å²) >= 11 is 0. The van der Waals surface area contributed by atoms with Crippen molar-refractivity contribution < 1.29 is 29.0 Å². The summed E-state index contributed by atoms with van der Waals surface area (Å²) in [5, 5.41) is 16.8. The van der Waals surface area contributed by atoms with Gasteiger partial charge >= 0.3 is 5.97 Å². The number of nitrogens with one attached hydrogen (secondary N) is 1. The maximum absolute atomic E-state index is 12.2. The number of aromatic hydroxyl groups is 1. The van der Waals surface area contributed by atoms with Crippen LogP contribution in [0.4, 0.5) is 11.4 Å². The molecule has 2 N–H and O–H groups in total. The lowest BCUT2D eigenvalue weighted by Crippen LogP contribution is -2.11. The summed E-state index contributed by atoms with van der Waals surface area (Å²) in [6.07, 6.45) is 0. The molecule has 0 fully saturated rings. The Morgan fingerprint density at radius 1 is 0.839 bits per heavy atom. The fourth-order valence-corrected chi connectivity index (χ4v) is 2.49. The number of carbonyl (C=O) groups excluding carboxylic acids is 2. The van der Waals surface area contributed by atoms with Gasteiger partial charge in [0.25, 0.3) is 5.91 Å². The quantitative estimate of drug-likeness (QED) is 0.425. The molecule has 0 radical (unpaired) electrons. The van der Waals surface area contributed by atoms with Crippen molar-refractivity contribution in [1.29, 1.82) is 0 Å². The number of anilines is 1. The molecule has 0 heterocycles. The predicted octanol–water partition coefficient (Wildman–Crippen LogP) is 4.52. The fraction of sp³-hybridized carbons (Fsp3) is 0.0909. The van der Waals surface area contributed by atoms with Crippen LogP contribution in [0.15, 0.2) is 77.0 Å². The van der Waals surface area contributed by atoms with E-state index in [0.717, 1.165) is 0 Å². The van der Waals surface area contributed by atoms with Gasteiger partial charge in [-0.25, -0.2) is 10.3 Å². The number of hydrogen-bond donors (Lipinski definition) is 2. The molecule has 0 unspecified atom stereocenters. The molecule has 0 aliphatic heterocycles. The molecule has 3 rings (SSSR count). The zero-order chi connectivity index (χ0) is 22.2. The van der Waals surface area contributed by atoms with Gasteiger partial charge in [0.2, 0.25) is 0 Å². The first-order chi connectivity index (χ1) is 15.0. The second kappa shape index (κ2) is 9.88. The van der Waals surface area contributed by atoms with Crippen LogP contribution >= 0.6 is 0 Å². The minimum absolute atomic E-state index is 0.0587. The average Bonchev–Trinajstić information content (AvgIpc) is 2.81. The van der Waals surface area contributed by atoms with Crippen LogP contribution < -0.4 is 15.0 Å². The van der Waals surface area contributed by atoms with Crippen LogP contribution in [0.25, 0.3) is 0 Å². The van der Waals surface area contributed by atoms with Crippen LogP contribution in [0.3, 0.4) is 0 Å². The normalized spacial score (nSPS) is 10.5. The number of benzene rings is 3. The summed E-state index contributed by atoms with van der Waals surface area (Å²) in [5.41, 5.74) is 4.07. The van der Waals surface area contributed by atoms with Crippen molar-refractivity contribution in [3.05, 3.63) is 77.9 Å². The number of rotatable bonds is 7. The molecule has 1 amide bonds. The van der Waals surface area contributed by atoms with E-state index in [9.17, 15) is 14.7 Å². The van der Waals surface area contributed by atoms with Gasteiger partial charge in [-0.15, -0.1) is 10.2 Å². The summed E-state index contributed by atoms with van der Waals surface area (Å²) in [4.78, 5) is 29.3. The van der Waals surface area contributed by atoms with E-state index in [2.05, 4.69) is 15.7 Å². The molecule has 0 spiro atoms. The van der Waals surface area contributed by atoms with E-state index < -0.39 is 11.9 Å². The summed E-state index contributed by atoms with van der Waals surface area (Å²) in [5.74, 6) is -0.173. The first-order valence-corrected chi connectivity index (χ1v) is 9.04. The SMILES string of the molecule is COc1ccc(C(=O)ONc2ccc(N=NC(=O)c3ccc(O)cc3)cc2)cc1OC. The molecule has 3 aromatic carbocycles. The second-order valence-corrected chi connectivity index (χ2v) is 6.16. The van der Waals surface area contributed by atoms with E-state index in [0.29, 0.717) is 28.4 Å². The van der Waals surface area contributed by atoms with Gasteiger partial charge in [-0.3, -0.25) is 4.79 Å². The summed E-state index contributed by atoms with van der Waals surface area (Å²) in [7, 11) is 2.98. The van der Waals surface area contributed by atoms with Gasteiger partial charge in [0.1, 0.15) is 5.75 Å². The molecule has 0 atom stereocenters. The maximum Gasteiger partial charge on any atom is 0.362 e. The van der Waals surface area contributed by atoms with Gasteiger partial charge in [0, 0.05) is 5.56 Å². The topological polar surface area (TPSA) is 119 Å². The third-order valence-electron chi connectivity index (χ3n) is 4.12. The Balaban J connectivity index is 1.57. The minimum atomic E-state index is -0.607. The molecular weight excluding hydrogens is 402 g/mol. The van der Waals surface area contributed by atoms with Crippen LogP contribution in [0.2, 0.25) is 0 Å². The van der Waals surface area contributed by atoms with Gasteiger partial charge in [-0.2, -0.15) is 0 Å². The van der Waals surface area contributed by atoms with E-state index >= 15 is 0 Å². The highest BCUT2D eigenvalue weighted by Crippen LogP contribution is 2.28. The number of phenolic OH excluding ortho intramolecular Hbond substituents is 1. The van der Waals surface area contributed by atoms with Crippen LogP contribution in [0, 0.1) is 0 Å². The molecule has 3 aromatic rings. The van der Waals surface area contributed by atoms with Gasteiger partial charge in [0.05, 0.1) is 31.2 Å². The molecule has 0 aromatic heterocycles. The molecule has 9 nitrogen and oxygen atoms in total. The van der Waals surface area contributed by atoms with Crippen LogP contribution in [-0.2, 0) is 4.84 Å². The number of hydrogen-bond acceptors (Lipinski definition) is 8. The lowest BCUT2D eigenvalue weighted by Gasteiger charge is -2.10. The Bertz CT molecular complexity index is 1100. The Labute approximate surface area is 177 Å². The van der Waals surface area contributed by atoms with Crippen LogP contribution in [-0.4, -0.2) is 31.2 Å². The Morgan fingerprint density at radius 3 is 2.13 bits per heavy atom. The molecule has 0 aliphatic carbocycles. The molecular formula is C22H19N3O6. The van der Waals surface area contributed by atoms with Crippen LogP contribution in [0.5, 0.6) is 17.2 Å². The summed E-state index contributed by atoms with van der Waals surface area (Å²) < 4.78 is 10.3.